The number of nitrogens with one attached hydrogen (secondary N) is 1. The van der Waals surface area contributed by atoms with Gasteiger partial charge in [0.25, 0.3) is 0 Å². The second-order valence-electron chi connectivity index (χ2n) is 6.98. The van der Waals surface area contributed by atoms with Crippen molar-refractivity contribution >= 4 is 0 Å². The maximum Gasteiger partial charge on any atom is 0.0220 e. The molecule has 2 unspecified atom stereocenters. The predicted molar refractivity (Wildman–Crippen MR) is 85.6 cm³/mol. The normalized spacial score (nSPS) is 23.8. The molecule has 1 N–H and O–H groups in total. The molecule has 2 nitrogen and oxygen atoms in total. The van der Waals surface area contributed by atoms with E-state index in [4.69, 9.17) is 0 Å². The van der Waals surface area contributed by atoms with Gasteiger partial charge in [0.15, 0.2) is 0 Å². The zero-order chi connectivity index (χ0) is 14.3. The number of rotatable bonds is 7. The van der Waals surface area contributed by atoms with Crippen molar-refractivity contribution in [3.63, 3.8) is 0 Å². The monoisotopic (exact) mass is 268 g/mol. The van der Waals surface area contributed by atoms with Gasteiger partial charge in [-0.3, -0.25) is 4.90 Å². The minimum atomic E-state index is 0.606. The highest BCUT2D eigenvalue weighted by atomic mass is 15.2. The largest absolute Gasteiger partial charge is 0.313 e. The van der Waals surface area contributed by atoms with Crippen LogP contribution in [0.4, 0.5) is 0 Å². The van der Waals surface area contributed by atoms with Crippen molar-refractivity contribution in [3.05, 3.63) is 0 Å². The molecular weight excluding hydrogens is 232 g/mol. The number of nitrogens with zero attached hydrogens (tertiary/aromatic N) is 1. The van der Waals surface area contributed by atoms with Crippen molar-refractivity contribution in [3.8, 4) is 0 Å². The lowest BCUT2D eigenvalue weighted by Gasteiger charge is -2.31. The van der Waals surface area contributed by atoms with E-state index in [9.17, 15) is 0 Å². The zero-order valence-electron chi connectivity index (χ0n) is 13.9. The molecule has 0 saturated carbocycles. The number of hydrogen-bond acceptors (Lipinski definition) is 2. The molecule has 1 aliphatic heterocycles. The fourth-order valence-electron chi connectivity index (χ4n) is 3.29. The Labute approximate surface area is 121 Å². The van der Waals surface area contributed by atoms with Gasteiger partial charge in [0, 0.05) is 18.6 Å². The van der Waals surface area contributed by atoms with Gasteiger partial charge >= 0.3 is 0 Å². The lowest BCUT2D eigenvalue weighted by molar-refractivity contribution is 0.181. The van der Waals surface area contributed by atoms with Gasteiger partial charge < -0.3 is 5.32 Å². The van der Waals surface area contributed by atoms with E-state index >= 15 is 0 Å². The molecule has 0 radical (unpaired) electrons. The molecule has 1 saturated heterocycles. The van der Waals surface area contributed by atoms with Crippen molar-refractivity contribution in [2.75, 3.05) is 19.6 Å². The van der Waals surface area contributed by atoms with Crippen molar-refractivity contribution in [1.29, 1.82) is 0 Å². The number of likely N-dealkylation sites (tertiary alicyclic amines) is 1. The summed E-state index contributed by atoms with van der Waals surface area (Å²) in [7, 11) is 0. The fourth-order valence-corrected chi connectivity index (χ4v) is 3.29. The molecule has 1 fully saturated rings. The van der Waals surface area contributed by atoms with Crippen LogP contribution in [0.2, 0.25) is 0 Å². The molecule has 1 aliphatic rings. The van der Waals surface area contributed by atoms with E-state index in [1.807, 2.05) is 0 Å². The lowest BCUT2D eigenvalue weighted by Crippen LogP contribution is -2.44. The summed E-state index contributed by atoms with van der Waals surface area (Å²) >= 11 is 0. The lowest BCUT2D eigenvalue weighted by atomic mass is 9.89. The van der Waals surface area contributed by atoms with Crippen molar-refractivity contribution in [2.45, 2.75) is 78.8 Å². The first-order valence-electron chi connectivity index (χ1n) is 8.52. The third-order valence-electron chi connectivity index (χ3n) is 4.65. The highest BCUT2D eigenvalue weighted by Gasteiger charge is 2.23. The average molecular weight is 268 g/mol. The van der Waals surface area contributed by atoms with Crippen LogP contribution in [-0.4, -0.2) is 36.6 Å². The average Bonchev–Trinajstić information content (AvgIpc) is 2.60. The Hall–Kier alpha value is -0.0800. The summed E-state index contributed by atoms with van der Waals surface area (Å²) in [5, 5.41) is 3.64. The Bertz CT molecular complexity index is 225. The molecule has 0 amide bonds. The van der Waals surface area contributed by atoms with Gasteiger partial charge in [-0.15, -0.1) is 0 Å². The minimum absolute atomic E-state index is 0.606. The SMILES string of the molecule is CCCC(CNC(C)C)N1CCCC(C(C)C)CC1. The summed E-state index contributed by atoms with van der Waals surface area (Å²) in [4.78, 5) is 2.77. The molecule has 0 bridgehead atoms. The van der Waals surface area contributed by atoms with E-state index in [0.29, 0.717) is 6.04 Å². The van der Waals surface area contributed by atoms with Crippen LogP contribution in [0, 0.1) is 11.8 Å². The van der Waals surface area contributed by atoms with Crippen LogP contribution < -0.4 is 5.32 Å². The van der Waals surface area contributed by atoms with Gasteiger partial charge in [-0.2, -0.15) is 0 Å². The van der Waals surface area contributed by atoms with E-state index in [0.717, 1.165) is 24.4 Å². The van der Waals surface area contributed by atoms with Crippen LogP contribution >= 0.6 is 0 Å². The van der Waals surface area contributed by atoms with Gasteiger partial charge in [-0.1, -0.05) is 41.0 Å². The van der Waals surface area contributed by atoms with Crippen molar-refractivity contribution in [2.24, 2.45) is 11.8 Å². The van der Waals surface area contributed by atoms with Crippen LogP contribution in [0.1, 0.15) is 66.7 Å². The summed E-state index contributed by atoms with van der Waals surface area (Å²) < 4.78 is 0. The molecule has 1 heterocycles. The molecule has 2 atom stereocenters. The highest BCUT2D eigenvalue weighted by Crippen LogP contribution is 2.26. The fraction of sp³-hybridized carbons (Fsp3) is 1.00. The third-order valence-corrected chi connectivity index (χ3v) is 4.65. The molecule has 1 rings (SSSR count). The van der Waals surface area contributed by atoms with Gasteiger partial charge in [0.2, 0.25) is 0 Å². The van der Waals surface area contributed by atoms with Crippen molar-refractivity contribution < 1.29 is 0 Å². The third kappa shape index (κ3) is 6.27. The first-order valence-corrected chi connectivity index (χ1v) is 8.52. The Balaban J connectivity index is 2.49. The first-order chi connectivity index (χ1) is 9.04. The van der Waals surface area contributed by atoms with Crippen LogP contribution in [0.15, 0.2) is 0 Å². The van der Waals surface area contributed by atoms with E-state index in [-0.39, 0.29) is 0 Å². The maximum atomic E-state index is 3.64. The van der Waals surface area contributed by atoms with Crippen LogP contribution in [0.3, 0.4) is 0 Å². The number of hydrogen-bond donors (Lipinski definition) is 1. The van der Waals surface area contributed by atoms with Gasteiger partial charge in [0.05, 0.1) is 0 Å². The summed E-state index contributed by atoms with van der Waals surface area (Å²) in [6.45, 7) is 15.4. The highest BCUT2D eigenvalue weighted by molar-refractivity contribution is 4.79. The Kier molecular flexibility index (Phi) is 8.01. The topological polar surface area (TPSA) is 15.3 Å². The van der Waals surface area contributed by atoms with Crippen LogP contribution in [0.5, 0.6) is 0 Å². The second kappa shape index (κ2) is 8.97. The molecular formula is C17H36N2. The van der Waals surface area contributed by atoms with E-state index in [1.54, 1.807) is 0 Å². The smallest absolute Gasteiger partial charge is 0.0220 e. The summed E-state index contributed by atoms with van der Waals surface area (Å²) in [5.74, 6) is 1.81. The van der Waals surface area contributed by atoms with Crippen LogP contribution in [-0.2, 0) is 0 Å². The maximum absolute atomic E-state index is 3.64. The van der Waals surface area contributed by atoms with E-state index in [1.165, 1.54) is 45.2 Å². The molecule has 114 valence electrons. The predicted octanol–water partition coefficient (Wildman–Crippen LogP) is 3.91. The molecule has 0 spiro atoms. The summed E-state index contributed by atoms with van der Waals surface area (Å²) in [5.41, 5.74) is 0. The molecule has 19 heavy (non-hydrogen) atoms. The zero-order valence-corrected chi connectivity index (χ0v) is 13.9. The molecule has 0 aromatic carbocycles. The van der Waals surface area contributed by atoms with E-state index in [2.05, 4.69) is 44.8 Å². The molecule has 2 heteroatoms. The van der Waals surface area contributed by atoms with Crippen LogP contribution in [0.25, 0.3) is 0 Å². The Morgan fingerprint density at radius 2 is 1.84 bits per heavy atom. The minimum Gasteiger partial charge on any atom is -0.313 e. The quantitative estimate of drug-likeness (QED) is 0.753. The Morgan fingerprint density at radius 1 is 1.11 bits per heavy atom. The molecule has 0 aromatic heterocycles. The Morgan fingerprint density at radius 3 is 2.42 bits per heavy atom. The van der Waals surface area contributed by atoms with Gasteiger partial charge in [-0.05, 0) is 50.6 Å². The van der Waals surface area contributed by atoms with Crippen molar-refractivity contribution in [1.82, 2.24) is 10.2 Å². The van der Waals surface area contributed by atoms with E-state index < -0.39 is 0 Å². The van der Waals surface area contributed by atoms with Gasteiger partial charge in [0.1, 0.15) is 0 Å². The van der Waals surface area contributed by atoms with Gasteiger partial charge in [-0.25, -0.2) is 0 Å². The molecule has 0 aromatic rings. The molecule has 0 aliphatic carbocycles. The standard InChI is InChI=1S/C17H36N2/c1-6-8-17(13-18-15(4)5)19-11-7-9-16(10-12-19)14(2)3/h14-18H,6-13H2,1-5H3. The first kappa shape index (κ1) is 17.0. The summed E-state index contributed by atoms with van der Waals surface area (Å²) in [6.07, 6.45) is 6.87. The second-order valence-corrected chi connectivity index (χ2v) is 6.98. The summed E-state index contributed by atoms with van der Waals surface area (Å²) in [6, 6.07) is 1.35.